The normalized spacial score (nSPS) is 13.8. The smallest absolute Gasteiger partial charge is 0.262 e. The van der Waals surface area contributed by atoms with Gasteiger partial charge in [0.15, 0.2) is 5.16 Å². The Balaban J connectivity index is 1.54. The third-order valence-corrected chi connectivity index (χ3v) is 6.38. The fraction of sp³-hybridized carbons (Fsp3) is 0.292. The van der Waals surface area contributed by atoms with E-state index in [9.17, 15) is 18.4 Å². The van der Waals surface area contributed by atoms with Crippen molar-refractivity contribution in [3.63, 3.8) is 0 Å². The molecule has 0 saturated heterocycles. The van der Waals surface area contributed by atoms with Crippen LogP contribution in [0, 0.1) is 11.6 Å². The predicted molar refractivity (Wildman–Crippen MR) is 123 cm³/mol. The first-order valence-corrected chi connectivity index (χ1v) is 11.5. The zero-order chi connectivity index (χ0) is 22.5. The summed E-state index contributed by atoms with van der Waals surface area (Å²) in [6.45, 7) is 0.485. The Morgan fingerprint density at radius 2 is 2.00 bits per heavy atom. The number of halogens is 2. The third-order valence-electron chi connectivity index (χ3n) is 5.41. The Bertz CT molecular complexity index is 1240. The van der Waals surface area contributed by atoms with Crippen LogP contribution >= 0.6 is 11.8 Å². The van der Waals surface area contributed by atoms with Crippen LogP contribution < -0.4 is 10.9 Å². The van der Waals surface area contributed by atoms with Crippen LogP contribution in [-0.4, -0.2) is 21.2 Å². The molecule has 0 aliphatic heterocycles. The number of carbonyl (C=O) groups is 1. The fourth-order valence-electron chi connectivity index (χ4n) is 3.75. The lowest BCUT2D eigenvalue weighted by Crippen LogP contribution is -2.25. The third kappa shape index (κ3) is 5.24. The number of aromatic nitrogens is 2. The summed E-state index contributed by atoms with van der Waals surface area (Å²) < 4.78 is 28.5. The first-order chi connectivity index (χ1) is 15.5. The molecule has 0 fully saturated rings. The van der Waals surface area contributed by atoms with Gasteiger partial charge in [-0.25, -0.2) is 13.8 Å². The molecule has 3 aromatic rings. The highest BCUT2D eigenvalue weighted by molar-refractivity contribution is 7.99. The van der Waals surface area contributed by atoms with E-state index in [4.69, 9.17) is 0 Å². The lowest BCUT2D eigenvalue weighted by Gasteiger charge is -2.16. The van der Waals surface area contributed by atoms with E-state index in [-0.39, 0.29) is 17.0 Å². The summed E-state index contributed by atoms with van der Waals surface area (Å²) in [5.74, 6) is -2.09. The number of allylic oxidation sites excluding steroid dienone is 2. The highest BCUT2D eigenvalue weighted by Gasteiger charge is 2.15. The van der Waals surface area contributed by atoms with Crippen LogP contribution in [0.25, 0.3) is 10.9 Å². The molecule has 32 heavy (non-hydrogen) atoms. The molecule has 166 valence electrons. The van der Waals surface area contributed by atoms with Gasteiger partial charge in [0.05, 0.1) is 22.3 Å². The summed E-state index contributed by atoms with van der Waals surface area (Å²) >= 11 is 1.12. The largest absolute Gasteiger partial charge is 0.323 e. The van der Waals surface area contributed by atoms with Gasteiger partial charge in [-0.15, -0.1) is 0 Å². The topological polar surface area (TPSA) is 64.0 Å². The monoisotopic (exact) mass is 455 g/mol. The number of nitrogens with zero attached hydrogens (tertiary/aromatic N) is 2. The molecule has 1 aliphatic carbocycles. The van der Waals surface area contributed by atoms with E-state index >= 15 is 0 Å². The van der Waals surface area contributed by atoms with E-state index in [1.165, 1.54) is 24.5 Å². The van der Waals surface area contributed by atoms with Gasteiger partial charge in [-0.3, -0.25) is 14.2 Å². The quantitative estimate of drug-likeness (QED) is 0.298. The Labute approximate surface area is 188 Å². The second kappa shape index (κ2) is 10.1. The first-order valence-electron chi connectivity index (χ1n) is 10.6. The lowest BCUT2D eigenvalue weighted by atomic mass is 9.97. The van der Waals surface area contributed by atoms with Crippen LogP contribution in [0.1, 0.15) is 32.1 Å². The first kappa shape index (κ1) is 22.2. The molecular weight excluding hydrogens is 432 g/mol. The number of anilines is 1. The van der Waals surface area contributed by atoms with Crippen LogP contribution in [0.2, 0.25) is 0 Å². The van der Waals surface area contributed by atoms with Gasteiger partial charge >= 0.3 is 0 Å². The maximum absolute atomic E-state index is 13.8. The molecule has 5 nitrogen and oxygen atoms in total. The number of hydrogen-bond donors (Lipinski definition) is 1. The molecule has 0 saturated carbocycles. The van der Waals surface area contributed by atoms with Gasteiger partial charge in [-0.2, -0.15) is 0 Å². The summed E-state index contributed by atoms with van der Waals surface area (Å²) in [6, 6.07) is 10.1. The van der Waals surface area contributed by atoms with Gasteiger partial charge in [-0.05, 0) is 56.4 Å². The molecule has 1 heterocycles. The van der Waals surface area contributed by atoms with Crippen LogP contribution in [0.15, 0.2) is 64.1 Å². The van der Waals surface area contributed by atoms with Crippen LogP contribution in [-0.2, 0) is 11.3 Å². The van der Waals surface area contributed by atoms with Crippen molar-refractivity contribution in [3.05, 3.63) is 76.1 Å². The van der Waals surface area contributed by atoms with E-state index in [1.54, 1.807) is 22.8 Å². The van der Waals surface area contributed by atoms with Gasteiger partial charge in [0.2, 0.25) is 5.91 Å². The van der Waals surface area contributed by atoms with Gasteiger partial charge in [0, 0.05) is 12.6 Å². The SMILES string of the molecule is O=C(CSc1nc2ccccc2c(=O)n1CCC1=CCCCC1)Nc1ccc(F)cc1F. The maximum Gasteiger partial charge on any atom is 0.262 e. The number of hydrogen-bond acceptors (Lipinski definition) is 4. The van der Waals surface area contributed by atoms with Gasteiger partial charge < -0.3 is 5.32 Å². The van der Waals surface area contributed by atoms with Crippen molar-refractivity contribution in [3.8, 4) is 0 Å². The highest BCUT2D eigenvalue weighted by Crippen LogP contribution is 2.23. The highest BCUT2D eigenvalue weighted by atomic mass is 32.2. The standard InChI is InChI=1S/C24H23F2N3O2S/c25-17-10-11-21(19(26)14-17)27-22(30)15-32-24-28-20-9-5-4-8-18(20)23(31)29(24)13-12-16-6-2-1-3-7-16/h4-6,8-11,14H,1-3,7,12-13,15H2,(H,27,30). The van der Waals surface area contributed by atoms with Gasteiger partial charge in [-0.1, -0.05) is 35.5 Å². The molecule has 0 radical (unpaired) electrons. The molecule has 4 rings (SSSR count). The average Bonchev–Trinajstić information content (AvgIpc) is 2.80. The molecule has 8 heteroatoms. The predicted octanol–water partition coefficient (Wildman–Crippen LogP) is 5.30. The number of amides is 1. The van der Waals surface area contributed by atoms with E-state index in [1.807, 2.05) is 6.07 Å². The molecule has 0 atom stereocenters. The number of nitrogens with one attached hydrogen (secondary N) is 1. The van der Waals surface area contributed by atoms with Crippen molar-refractivity contribution in [1.82, 2.24) is 9.55 Å². The Morgan fingerprint density at radius 3 is 2.78 bits per heavy atom. The van der Waals surface area contributed by atoms with Crippen LogP contribution in [0.5, 0.6) is 0 Å². The molecule has 2 aromatic carbocycles. The van der Waals surface area contributed by atoms with Crippen molar-refractivity contribution in [1.29, 1.82) is 0 Å². The molecule has 1 aromatic heterocycles. The number of benzene rings is 2. The van der Waals surface area contributed by atoms with E-state index in [2.05, 4.69) is 16.4 Å². The average molecular weight is 456 g/mol. The number of thioether (sulfide) groups is 1. The Morgan fingerprint density at radius 1 is 1.16 bits per heavy atom. The second-order valence-corrected chi connectivity index (χ2v) is 8.63. The Hall–Kier alpha value is -3.00. The second-order valence-electron chi connectivity index (χ2n) is 7.69. The van der Waals surface area contributed by atoms with Crippen molar-refractivity contribution in [2.45, 2.75) is 43.8 Å². The van der Waals surface area contributed by atoms with Gasteiger partial charge in [0.1, 0.15) is 11.6 Å². The van der Waals surface area contributed by atoms with E-state index in [0.717, 1.165) is 37.1 Å². The molecular formula is C24H23F2N3O2S. The molecule has 1 aliphatic rings. The van der Waals surface area contributed by atoms with E-state index < -0.39 is 17.5 Å². The summed E-state index contributed by atoms with van der Waals surface area (Å²) in [6.07, 6.45) is 7.50. The number of rotatable bonds is 7. The van der Waals surface area contributed by atoms with Crippen molar-refractivity contribution in [2.24, 2.45) is 0 Å². The molecule has 1 N–H and O–H groups in total. The van der Waals surface area contributed by atoms with Gasteiger partial charge in [0.25, 0.3) is 5.56 Å². The summed E-state index contributed by atoms with van der Waals surface area (Å²) in [5, 5.41) is 3.42. The minimum absolute atomic E-state index is 0.0652. The molecule has 0 unspecified atom stereocenters. The Kier molecular flexibility index (Phi) is 6.99. The molecule has 1 amide bonds. The zero-order valence-electron chi connectivity index (χ0n) is 17.4. The molecule has 0 spiro atoms. The summed E-state index contributed by atoms with van der Waals surface area (Å²) in [4.78, 5) is 30.1. The zero-order valence-corrected chi connectivity index (χ0v) is 18.3. The molecule has 0 bridgehead atoms. The van der Waals surface area contributed by atoms with Crippen molar-refractivity contribution < 1.29 is 13.6 Å². The maximum atomic E-state index is 13.8. The summed E-state index contributed by atoms with van der Waals surface area (Å²) in [7, 11) is 0. The van der Waals surface area contributed by atoms with Crippen molar-refractivity contribution in [2.75, 3.05) is 11.1 Å². The van der Waals surface area contributed by atoms with Crippen LogP contribution in [0.3, 0.4) is 0 Å². The fourth-order valence-corrected chi connectivity index (χ4v) is 4.57. The lowest BCUT2D eigenvalue weighted by molar-refractivity contribution is -0.113. The number of fused-ring (bicyclic) bond motifs is 1. The van der Waals surface area contributed by atoms with Crippen LogP contribution in [0.4, 0.5) is 14.5 Å². The minimum Gasteiger partial charge on any atom is -0.323 e. The van der Waals surface area contributed by atoms with Crippen molar-refractivity contribution >= 4 is 34.3 Å². The summed E-state index contributed by atoms with van der Waals surface area (Å²) in [5.41, 5.74) is 1.68. The number of para-hydroxylation sites is 1. The minimum atomic E-state index is -0.843. The van der Waals surface area contributed by atoms with E-state index in [0.29, 0.717) is 28.7 Å². The number of carbonyl (C=O) groups excluding carboxylic acids is 1.